The molecule has 2 heterocycles. The monoisotopic (exact) mass is 347 g/mol. The van der Waals surface area contributed by atoms with Gasteiger partial charge in [0.2, 0.25) is 5.95 Å². The highest BCUT2D eigenvalue weighted by Gasteiger charge is 2.11. The van der Waals surface area contributed by atoms with Gasteiger partial charge in [0.05, 0.1) is 12.2 Å². The molecule has 1 aromatic carbocycles. The lowest BCUT2D eigenvalue weighted by Gasteiger charge is -2.09. The van der Waals surface area contributed by atoms with E-state index in [1.165, 1.54) is 5.56 Å². The van der Waals surface area contributed by atoms with Crippen LogP contribution in [0.3, 0.4) is 0 Å². The van der Waals surface area contributed by atoms with Gasteiger partial charge < -0.3 is 10.6 Å². The van der Waals surface area contributed by atoms with E-state index in [1.54, 1.807) is 12.3 Å². The maximum Gasteiger partial charge on any atom is 0.274 e. The fourth-order valence-electron chi connectivity index (χ4n) is 2.46. The molecule has 0 spiro atoms. The van der Waals surface area contributed by atoms with E-state index in [0.717, 1.165) is 23.5 Å². The summed E-state index contributed by atoms with van der Waals surface area (Å²) in [6.07, 6.45) is 2.70. The van der Waals surface area contributed by atoms with Gasteiger partial charge in [-0.25, -0.2) is 9.97 Å². The Kier molecular flexibility index (Phi) is 5.53. The topological polar surface area (TPSA) is 79.8 Å². The van der Waals surface area contributed by atoms with E-state index < -0.39 is 0 Å². The zero-order valence-corrected chi connectivity index (χ0v) is 14.9. The molecular formula is C20H21N5O. The molecule has 3 aromatic rings. The molecule has 3 rings (SSSR count). The second-order valence-electron chi connectivity index (χ2n) is 5.90. The highest BCUT2D eigenvalue weighted by Crippen LogP contribution is 2.13. The van der Waals surface area contributed by atoms with Gasteiger partial charge in [-0.3, -0.25) is 9.78 Å². The molecule has 0 radical (unpaired) electrons. The minimum absolute atomic E-state index is 0.263. The van der Waals surface area contributed by atoms with Gasteiger partial charge in [-0.2, -0.15) is 0 Å². The molecule has 2 N–H and O–H groups in total. The first-order valence-electron chi connectivity index (χ1n) is 8.54. The number of benzene rings is 1. The quantitative estimate of drug-likeness (QED) is 0.712. The lowest BCUT2D eigenvalue weighted by molar-refractivity contribution is 0.102. The summed E-state index contributed by atoms with van der Waals surface area (Å²) in [6.45, 7) is 4.42. The first-order chi connectivity index (χ1) is 12.6. The predicted molar refractivity (Wildman–Crippen MR) is 102 cm³/mol. The van der Waals surface area contributed by atoms with Crippen molar-refractivity contribution in [3.63, 3.8) is 0 Å². The number of amides is 1. The summed E-state index contributed by atoms with van der Waals surface area (Å²) in [6, 6.07) is 15.2. The van der Waals surface area contributed by atoms with Crippen LogP contribution in [0.4, 0.5) is 11.6 Å². The van der Waals surface area contributed by atoms with Gasteiger partial charge in [0.25, 0.3) is 5.91 Å². The summed E-state index contributed by atoms with van der Waals surface area (Å²) in [5, 5.41) is 5.98. The maximum absolute atomic E-state index is 12.5. The first-order valence-corrected chi connectivity index (χ1v) is 8.54. The Morgan fingerprint density at radius 1 is 1.08 bits per heavy atom. The Morgan fingerprint density at radius 3 is 2.58 bits per heavy atom. The second kappa shape index (κ2) is 8.20. The van der Waals surface area contributed by atoms with Gasteiger partial charge in [0.15, 0.2) is 0 Å². The molecule has 0 saturated heterocycles. The number of carbonyl (C=O) groups is 1. The second-order valence-corrected chi connectivity index (χ2v) is 5.90. The molecule has 26 heavy (non-hydrogen) atoms. The van der Waals surface area contributed by atoms with Crippen molar-refractivity contribution in [2.24, 2.45) is 0 Å². The van der Waals surface area contributed by atoms with Crippen LogP contribution in [0.2, 0.25) is 0 Å². The minimum atomic E-state index is -0.263. The third-order valence-electron chi connectivity index (χ3n) is 3.86. The first kappa shape index (κ1) is 17.5. The molecule has 0 fully saturated rings. The van der Waals surface area contributed by atoms with Crippen molar-refractivity contribution in [2.45, 2.75) is 26.8 Å². The maximum atomic E-state index is 12.5. The lowest BCUT2D eigenvalue weighted by atomic mass is 10.1. The van der Waals surface area contributed by atoms with Crippen molar-refractivity contribution in [3.8, 4) is 0 Å². The number of nitrogens with zero attached hydrogens (tertiary/aromatic N) is 3. The van der Waals surface area contributed by atoms with Gasteiger partial charge in [0, 0.05) is 17.6 Å². The molecule has 0 aliphatic carbocycles. The molecule has 6 heteroatoms. The Morgan fingerprint density at radius 2 is 1.88 bits per heavy atom. The number of hydrogen-bond acceptors (Lipinski definition) is 5. The smallest absolute Gasteiger partial charge is 0.274 e. The van der Waals surface area contributed by atoms with Crippen LogP contribution in [-0.2, 0) is 13.0 Å². The van der Waals surface area contributed by atoms with Crippen molar-refractivity contribution in [1.82, 2.24) is 15.0 Å². The van der Waals surface area contributed by atoms with E-state index in [9.17, 15) is 4.79 Å². The van der Waals surface area contributed by atoms with E-state index in [2.05, 4.69) is 32.5 Å². The SMILES string of the molecule is CCc1ccc(NC(=O)c2cc(C)nc(NCc3ccccn3)n2)cc1. The van der Waals surface area contributed by atoms with Crippen molar-refractivity contribution < 1.29 is 4.79 Å². The standard InChI is InChI=1S/C20H21N5O/c1-3-15-7-9-16(10-8-15)24-19(26)18-12-14(2)23-20(25-18)22-13-17-6-4-5-11-21-17/h4-12H,3,13H2,1-2H3,(H,24,26)(H,22,23,25). The number of aromatic nitrogens is 3. The zero-order chi connectivity index (χ0) is 18.4. The number of aryl methyl sites for hydroxylation is 2. The molecule has 1 amide bonds. The predicted octanol–water partition coefficient (Wildman–Crippen LogP) is 3.61. The Hall–Kier alpha value is -3.28. The fraction of sp³-hybridized carbons (Fsp3) is 0.200. The summed E-state index contributed by atoms with van der Waals surface area (Å²) in [7, 11) is 0. The molecule has 0 saturated carbocycles. The fourth-order valence-corrected chi connectivity index (χ4v) is 2.46. The molecular weight excluding hydrogens is 326 g/mol. The Labute approximate surface area is 152 Å². The summed E-state index contributed by atoms with van der Waals surface area (Å²) in [5.41, 5.74) is 3.88. The third kappa shape index (κ3) is 4.63. The van der Waals surface area contributed by atoms with E-state index in [4.69, 9.17) is 0 Å². The van der Waals surface area contributed by atoms with E-state index >= 15 is 0 Å². The van der Waals surface area contributed by atoms with Crippen LogP contribution in [0.15, 0.2) is 54.7 Å². The van der Waals surface area contributed by atoms with Crippen molar-refractivity contribution in [2.75, 3.05) is 10.6 Å². The van der Waals surface area contributed by atoms with Crippen LogP contribution in [0.5, 0.6) is 0 Å². The minimum Gasteiger partial charge on any atom is -0.349 e. The van der Waals surface area contributed by atoms with Crippen LogP contribution in [0.1, 0.15) is 34.4 Å². The van der Waals surface area contributed by atoms with E-state index in [1.807, 2.05) is 49.4 Å². The normalized spacial score (nSPS) is 10.4. The van der Waals surface area contributed by atoms with Gasteiger partial charge >= 0.3 is 0 Å². The highest BCUT2D eigenvalue weighted by molar-refractivity contribution is 6.03. The van der Waals surface area contributed by atoms with Gasteiger partial charge in [0.1, 0.15) is 5.69 Å². The molecule has 132 valence electrons. The summed E-state index contributed by atoms with van der Waals surface area (Å²) in [5.74, 6) is 0.141. The van der Waals surface area contributed by atoms with Gasteiger partial charge in [-0.05, 0) is 49.2 Å². The number of nitrogens with one attached hydrogen (secondary N) is 2. The largest absolute Gasteiger partial charge is 0.349 e. The number of anilines is 2. The molecule has 0 aliphatic rings. The average Bonchev–Trinajstić information content (AvgIpc) is 2.67. The average molecular weight is 347 g/mol. The zero-order valence-electron chi connectivity index (χ0n) is 14.9. The van der Waals surface area contributed by atoms with Crippen LogP contribution in [-0.4, -0.2) is 20.9 Å². The van der Waals surface area contributed by atoms with Crippen LogP contribution >= 0.6 is 0 Å². The molecule has 0 aliphatic heterocycles. The summed E-state index contributed by atoms with van der Waals surface area (Å²) < 4.78 is 0. The van der Waals surface area contributed by atoms with E-state index in [0.29, 0.717) is 18.2 Å². The number of rotatable bonds is 6. The van der Waals surface area contributed by atoms with Crippen molar-refractivity contribution in [3.05, 3.63) is 77.4 Å². The van der Waals surface area contributed by atoms with Crippen molar-refractivity contribution >= 4 is 17.5 Å². The number of carbonyl (C=O) groups excluding carboxylic acids is 1. The van der Waals surface area contributed by atoms with Crippen LogP contribution < -0.4 is 10.6 Å². The van der Waals surface area contributed by atoms with Crippen LogP contribution in [0, 0.1) is 6.92 Å². The summed E-state index contributed by atoms with van der Waals surface area (Å²) in [4.78, 5) is 25.4. The third-order valence-corrected chi connectivity index (χ3v) is 3.86. The van der Waals surface area contributed by atoms with Crippen molar-refractivity contribution in [1.29, 1.82) is 0 Å². The number of pyridine rings is 1. The van der Waals surface area contributed by atoms with Gasteiger partial charge in [-0.15, -0.1) is 0 Å². The Balaban J connectivity index is 1.70. The molecule has 0 bridgehead atoms. The molecule has 0 atom stereocenters. The highest BCUT2D eigenvalue weighted by atomic mass is 16.1. The molecule has 2 aromatic heterocycles. The number of hydrogen-bond donors (Lipinski definition) is 2. The van der Waals surface area contributed by atoms with Gasteiger partial charge in [-0.1, -0.05) is 25.1 Å². The Bertz CT molecular complexity index is 878. The molecule has 0 unspecified atom stereocenters. The summed E-state index contributed by atoms with van der Waals surface area (Å²) >= 11 is 0. The molecule has 6 nitrogen and oxygen atoms in total. The van der Waals surface area contributed by atoms with Crippen LogP contribution in [0.25, 0.3) is 0 Å². The lowest BCUT2D eigenvalue weighted by Crippen LogP contribution is -2.16. The van der Waals surface area contributed by atoms with E-state index in [-0.39, 0.29) is 5.91 Å².